The van der Waals surface area contributed by atoms with Crippen LogP contribution in [0.5, 0.6) is 11.5 Å². The number of methoxy groups -OCH3 is 2. The molecule has 0 aliphatic carbocycles. The van der Waals surface area contributed by atoms with E-state index in [4.69, 9.17) is 14.6 Å². The van der Waals surface area contributed by atoms with E-state index in [-0.39, 0.29) is 12.1 Å². The van der Waals surface area contributed by atoms with E-state index in [0.717, 1.165) is 0 Å². The first-order valence-electron chi connectivity index (χ1n) is 7.83. The van der Waals surface area contributed by atoms with Crippen LogP contribution in [0.1, 0.15) is 21.5 Å². The van der Waals surface area contributed by atoms with Crippen LogP contribution in [0.2, 0.25) is 0 Å². The first kappa shape index (κ1) is 19.2. The lowest BCUT2D eigenvalue weighted by atomic mass is 10.1. The lowest BCUT2D eigenvalue weighted by molar-refractivity contribution is -0.137. The highest BCUT2D eigenvalue weighted by Crippen LogP contribution is 2.24. The first-order chi connectivity index (χ1) is 12.3. The van der Waals surface area contributed by atoms with Crippen LogP contribution in [0.15, 0.2) is 36.4 Å². The van der Waals surface area contributed by atoms with Crippen LogP contribution in [-0.4, -0.2) is 42.6 Å². The van der Waals surface area contributed by atoms with Crippen molar-refractivity contribution in [3.8, 4) is 11.5 Å². The number of carbonyl (C=O) groups is 2. The van der Waals surface area contributed by atoms with Gasteiger partial charge in [-0.1, -0.05) is 0 Å². The number of benzene rings is 2. The van der Waals surface area contributed by atoms with E-state index in [0.29, 0.717) is 22.6 Å². The van der Waals surface area contributed by atoms with Crippen LogP contribution in [0.4, 0.5) is 4.39 Å². The van der Waals surface area contributed by atoms with Crippen LogP contribution < -0.4 is 9.47 Å². The fourth-order valence-corrected chi connectivity index (χ4v) is 2.50. The largest absolute Gasteiger partial charge is 0.497 e. The first-order valence-corrected chi connectivity index (χ1v) is 7.83. The van der Waals surface area contributed by atoms with Crippen LogP contribution in [0.25, 0.3) is 0 Å². The van der Waals surface area contributed by atoms with Crippen molar-refractivity contribution in [2.75, 3.05) is 20.8 Å². The number of hydrogen-bond donors (Lipinski definition) is 1. The van der Waals surface area contributed by atoms with Gasteiger partial charge in [0.1, 0.15) is 23.9 Å². The van der Waals surface area contributed by atoms with Crippen molar-refractivity contribution in [2.24, 2.45) is 0 Å². The molecule has 138 valence electrons. The maximum Gasteiger partial charge on any atom is 0.323 e. The highest BCUT2D eigenvalue weighted by Gasteiger charge is 2.20. The molecule has 1 amide bonds. The third-order valence-electron chi connectivity index (χ3n) is 3.80. The number of carboxylic acid groups (broad SMARTS) is 1. The van der Waals surface area contributed by atoms with E-state index in [1.807, 2.05) is 0 Å². The maximum absolute atomic E-state index is 13.4. The average molecular weight is 361 g/mol. The Morgan fingerprint density at radius 1 is 1.08 bits per heavy atom. The van der Waals surface area contributed by atoms with E-state index in [1.165, 1.54) is 37.3 Å². The molecule has 2 aromatic carbocycles. The fourth-order valence-electron chi connectivity index (χ4n) is 2.50. The number of amides is 1. The molecule has 6 nitrogen and oxygen atoms in total. The summed E-state index contributed by atoms with van der Waals surface area (Å²) < 4.78 is 23.8. The molecule has 0 spiro atoms. The summed E-state index contributed by atoms with van der Waals surface area (Å²) in [5, 5.41) is 9.15. The molecular weight excluding hydrogens is 341 g/mol. The number of hydrogen-bond acceptors (Lipinski definition) is 4. The topological polar surface area (TPSA) is 76.1 Å². The number of rotatable bonds is 7. The van der Waals surface area contributed by atoms with E-state index in [9.17, 15) is 14.0 Å². The van der Waals surface area contributed by atoms with Crippen molar-refractivity contribution in [1.82, 2.24) is 4.90 Å². The van der Waals surface area contributed by atoms with Gasteiger partial charge in [0.2, 0.25) is 0 Å². The summed E-state index contributed by atoms with van der Waals surface area (Å²) in [6, 6.07) is 9.00. The summed E-state index contributed by atoms with van der Waals surface area (Å²) in [6.07, 6.45) is 0. The van der Waals surface area contributed by atoms with Gasteiger partial charge in [-0.2, -0.15) is 0 Å². The summed E-state index contributed by atoms with van der Waals surface area (Å²) >= 11 is 0. The van der Waals surface area contributed by atoms with Crippen molar-refractivity contribution in [1.29, 1.82) is 0 Å². The normalized spacial score (nSPS) is 10.3. The minimum absolute atomic E-state index is 0.0368. The standard InChI is InChI=1S/C19H20FNO5/c1-12-6-14(4-5-17(12)20)19(24)21(11-18(22)23)10-13-7-15(25-2)9-16(8-13)26-3/h4-9H,10-11H2,1-3H3,(H,22,23). The molecule has 0 aliphatic heterocycles. The van der Waals surface area contributed by atoms with Gasteiger partial charge in [-0.25, -0.2) is 4.39 Å². The van der Waals surface area contributed by atoms with Gasteiger partial charge in [0.05, 0.1) is 14.2 Å². The summed E-state index contributed by atoms with van der Waals surface area (Å²) in [5.41, 5.74) is 1.18. The highest BCUT2D eigenvalue weighted by molar-refractivity contribution is 5.96. The van der Waals surface area contributed by atoms with E-state index in [2.05, 4.69) is 0 Å². The summed E-state index contributed by atoms with van der Waals surface area (Å²) in [5.74, 6) is -1.02. The third-order valence-corrected chi connectivity index (χ3v) is 3.80. The van der Waals surface area contributed by atoms with Crippen molar-refractivity contribution < 1.29 is 28.6 Å². The highest BCUT2D eigenvalue weighted by atomic mass is 19.1. The van der Waals surface area contributed by atoms with Crippen molar-refractivity contribution in [3.63, 3.8) is 0 Å². The van der Waals surface area contributed by atoms with Crippen molar-refractivity contribution in [3.05, 3.63) is 58.9 Å². The quantitative estimate of drug-likeness (QED) is 0.821. The van der Waals surface area contributed by atoms with E-state index >= 15 is 0 Å². The average Bonchev–Trinajstić information content (AvgIpc) is 2.62. The van der Waals surface area contributed by atoms with Crippen molar-refractivity contribution in [2.45, 2.75) is 13.5 Å². The molecule has 2 aromatic rings. The second-order valence-electron chi connectivity index (χ2n) is 5.74. The van der Waals surface area contributed by atoms with E-state index in [1.54, 1.807) is 25.1 Å². The second kappa shape index (κ2) is 8.33. The lowest BCUT2D eigenvalue weighted by Crippen LogP contribution is -2.35. The summed E-state index contributed by atoms with van der Waals surface area (Å²) in [6.45, 7) is 1.09. The molecule has 0 heterocycles. The van der Waals surface area contributed by atoms with Gasteiger partial charge in [0.25, 0.3) is 5.91 Å². The zero-order valence-electron chi connectivity index (χ0n) is 14.8. The predicted molar refractivity (Wildman–Crippen MR) is 93.1 cm³/mol. The Morgan fingerprint density at radius 3 is 2.19 bits per heavy atom. The molecule has 0 saturated heterocycles. The van der Waals surface area contributed by atoms with Crippen LogP contribution in [0.3, 0.4) is 0 Å². The van der Waals surface area contributed by atoms with Gasteiger partial charge < -0.3 is 19.5 Å². The molecule has 0 saturated carbocycles. The molecule has 0 aromatic heterocycles. The smallest absolute Gasteiger partial charge is 0.323 e. The Morgan fingerprint density at radius 2 is 1.69 bits per heavy atom. The van der Waals surface area contributed by atoms with Crippen LogP contribution in [-0.2, 0) is 11.3 Å². The monoisotopic (exact) mass is 361 g/mol. The Balaban J connectivity index is 2.33. The van der Waals surface area contributed by atoms with Crippen molar-refractivity contribution >= 4 is 11.9 Å². The van der Waals surface area contributed by atoms with Gasteiger partial charge in [0.15, 0.2) is 0 Å². The molecule has 26 heavy (non-hydrogen) atoms. The number of aliphatic carboxylic acids is 1. The van der Waals surface area contributed by atoms with Gasteiger partial charge in [-0.3, -0.25) is 9.59 Å². The molecule has 0 unspecified atom stereocenters. The SMILES string of the molecule is COc1cc(CN(CC(=O)O)C(=O)c2ccc(F)c(C)c2)cc(OC)c1. The zero-order valence-corrected chi connectivity index (χ0v) is 14.8. The molecule has 0 fully saturated rings. The van der Waals surface area contributed by atoms with Gasteiger partial charge in [0, 0.05) is 18.2 Å². The summed E-state index contributed by atoms with van der Waals surface area (Å²) in [7, 11) is 3.00. The fraction of sp³-hybridized carbons (Fsp3) is 0.263. The maximum atomic E-state index is 13.4. The number of aryl methyl sites for hydroxylation is 1. The van der Waals surface area contributed by atoms with Crippen LogP contribution in [0, 0.1) is 12.7 Å². The lowest BCUT2D eigenvalue weighted by Gasteiger charge is -2.22. The molecular formula is C19H20FNO5. The molecule has 0 radical (unpaired) electrons. The van der Waals surface area contributed by atoms with Gasteiger partial charge in [-0.05, 0) is 48.4 Å². The number of carbonyl (C=O) groups excluding carboxylic acids is 1. The Bertz CT molecular complexity index is 799. The number of ether oxygens (including phenoxy) is 2. The minimum atomic E-state index is -1.15. The molecule has 0 bridgehead atoms. The number of nitrogens with zero attached hydrogens (tertiary/aromatic N) is 1. The Labute approximate surface area is 150 Å². The molecule has 2 rings (SSSR count). The van der Waals surface area contributed by atoms with Gasteiger partial charge >= 0.3 is 5.97 Å². The minimum Gasteiger partial charge on any atom is -0.497 e. The van der Waals surface area contributed by atoms with E-state index < -0.39 is 24.2 Å². The number of carboxylic acids is 1. The predicted octanol–water partition coefficient (Wildman–Crippen LogP) is 2.88. The zero-order chi connectivity index (χ0) is 19.3. The number of halogens is 1. The Hall–Kier alpha value is -3.09. The molecule has 0 aliphatic rings. The molecule has 7 heteroatoms. The Kier molecular flexibility index (Phi) is 6.16. The third kappa shape index (κ3) is 4.72. The molecule has 0 atom stereocenters. The summed E-state index contributed by atoms with van der Waals surface area (Å²) in [4.78, 5) is 25.1. The molecule has 1 N–H and O–H groups in total. The van der Waals surface area contributed by atoms with Gasteiger partial charge in [-0.15, -0.1) is 0 Å². The van der Waals surface area contributed by atoms with Crippen LogP contribution >= 0.6 is 0 Å². The second-order valence-corrected chi connectivity index (χ2v) is 5.74.